The van der Waals surface area contributed by atoms with Crippen molar-refractivity contribution in [1.29, 1.82) is 0 Å². The number of nitrogens with zero attached hydrogens (tertiary/aromatic N) is 1. The number of hydrogen-bond acceptors (Lipinski definition) is 7. The van der Waals surface area contributed by atoms with Crippen LogP contribution in [-0.2, 0) is 23.8 Å². The van der Waals surface area contributed by atoms with Crippen molar-refractivity contribution in [3.05, 3.63) is 53.7 Å². The van der Waals surface area contributed by atoms with Crippen molar-refractivity contribution < 1.29 is 28.5 Å². The van der Waals surface area contributed by atoms with Crippen LogP contribution in [0.25, 0.3) is 16.6 Å². The van der Waals surface area contributed by atoms with Crippen LogP contribution >= 0.6 is 11.6 Å². The van der Waals surface area contributed by atoms with Crippen LogP contribution in [0.3, 0.4) is 0 Å². The van der Waals surface area contributed by atoms with Crippen LogP contribution in [0.5, 0.6) is 5.75 Å². The van der Waals surface area contributed by atoms with Gasteiger partial charge < -0.3 is 29.2 Å². The fraction of sp³-hybridized carbons (Fsp3) is 0.385. The summed E-state index contributed by atoms with van der Waals surface area (Å²) < 4.78 is 25.0. The Kier molecular flexibility index (Phi) is 7.23. The van der Waals surface area contributed by atoms with Gasteiger partial charge in [0.05, 0.1) is 16.6 Å². The fourth-order valence-corrected chi connectivity index (χ4v) is 4.56. The first-order chi connectivity index (χ1) is 16.6. The molecule has 0 amide bonds. The van der Waals surface area contributed by atoms with Crippen LogP contribution in [-0.4, -0.2) is 41.6 Å². The number of carbonyl (C=O) groups is 2. The molecule has 2 N–H and O–H groups in total. The Morgan fingerprint density at radius 3 is 2.51 bits per heavy atom. The van der Waals surface area contributed by atoms with Gasteiger partial charge in [-0.05, 0) is 48.4 Å². The standard InChI is InChI=1S/C26H29ClN2O6/c1-14-15(2)25(33-17(4)31)26(35-24(14)13-32-16(3)30)34-23-8-6-20(12-21(23)27)29-10-9-18-11-19(28)5-7-22(18)29/h5-12,14-15,24-26H,13,28H2,1-4H3/t14-,15-,24?,25?,26-/m0/s1. The van der Waals surface area contributed by atoms with Gasteiger partial charge in [0.1, 0.15) is 12.4 Å². The predicted octanol–water partition coefficient (Wildman–Crippen LogP) is 4.74. The predicted molar refractivity (Wildman–Crippen MR) is 133 cm³/mol. The van der Waals surface area contributed by atoms with Gasteiger partial charge >= 0.3 is 11.9 Å². The van der Waals surface area contributed by atoms with E-state index in [2.05, 4.69) is 0 Å². The van der Waals surface area contributed by atoms with E-state index in [1.165, 1.54) is 13.8 Å². The van der Waals surface area contributed by atoms with Crippen LogP contribution < -0.4 is 10.5 Å². The zero-order chi connectivity index (χ0) is 25.3. The number of fused-ring (bicyclic) bond motifs is 1. The van der Waals surface area contributed by atoms with Gasteiger partial charge in [0, 0.05) is 42.7 Å². The summed E-state index contributed by atoms with van der Waals surface area (Å²) in [5, 5.41) is 1.39. The lowest BCUT2D eigenvalue weighted by molar-refractivity contribution is -0.253. The fourth-order valence-electron chi connectivity index (χ4n) is 4.35. The molecule has 2 heterocycles. The summed E-state index contributed by atoms with van der Waals surface area (Å²) in [6.07, 6.45) is -0.0718. The van der Waals surface area contributed by atoms with Gasteiger partial charge in [-0.1, -0.05) is 25.4 Å². The molecule has 0 spiro atoms. The van der Waals surface area contributed by atoms with Crippen molar-refractivity contribution >= 4 is 40.1 Å². The van der Waals surface area contributed by atoms with Crippen LogP contribution in [0, 0.1) is 11.8 Å². The summed E-state index contributed by atoms with van der Waals surface area (Å²) in [5.41, 5.74) is 8.43. The molecule has 5 atom stereocenters. The van der Waals surface area contributed by atoms with Crippen molar-refractivity contribution in [3.8, 4) is 11.4 Å². The molecule has 1 fully saturated rings. The molecular formula is C26H29ClN2O6. The topological polar surface area (TPSA) is 102 Å². The molecule has 4 rings (SSSR count). The number of hydrogen-bond donors (Lipinski definition) is 1. The third-order valence-corrected chi connectivity index (χ3v) is 6.71. The normalized spacial score (nSPS) is 24.2. The number of aromatic nitrogens is 1. The Morgan fingerprint density at radius 2 is 1.83 bits per heavy atom. The van der Waals surface area contributed by atoms with Crippen molar-refractivity contribution in [3.63, 3.8) is 0 Å². The lowest BCUT2D eigenvalue weighted by Crippen LogP contribution is -2.54. The molecule has 0 radical (unpaired) electrons. The third kappa shape index (κ3) is 5.39. The van der Waals surface area contributed by atoms with Crippen LogP contribution in [0.15, 0.2) is 48.7 Å². The summed E-state index contributed by atoms with van der Waals surface area (Å²) >= 11 is 6.61. The molecule has 3 aromatic rings. The SMILES string of the molecule is CC(=O)OCC1O[C@H](Oc2ccc(-n3ccc4cc(N)ccc43)cc2Cl)C(OC(C)=O)[C@@H](C)[C@@H]1C. The van der Waals surface area contributed by atoms with E-state index in [1.54, 1.807) is 12.1 Å². The maximum Gasteiger partial charge on any atom is 0.303 e. The zero-order valence-electron chi connectivity index (χ0n) is 20.1. The summed E-state index contributed by atoms with van der Waals surface area (Å²) in [5.74, 6) is -0.619. The van der Waals surface area contributed by atoms with Gasteiger partial charge in [-0.25, -0.2) is 0 Å². The highest BCUT2D eigenvalue weighted by molar-refractivity contribution is 6.32. The molecule has 35 heavy (non-hydrogen) atoms. The van der Waals surface area contributed by atoms with Crippen LogP contribution in [0.2, 0.25) is 5.02 Å². The van der Waals surface area contributed by atoms with Crippen molar-refractivity contribution in [2.45, 2.75) is 46.2 Å². The molecular weight excluding hydrogens is 472 g/mol. The Bertz CT molecular complexity index is 1240. The number of rotatable bonds is 6. The maximum atomic E-state index is 11.8. The molecule has 186 valence electrons. The highest BCUT2D eigenvalue weighted by Crippen LogP contribution is 2.37. The molecule has 1 aliphatic rings. The first-order valence-corrected chi connectivity index (χ1v) is 11.8. The smallest absolute Gasteiger partial charge is 0.303 e. The van der Waals surface area contributed by atoms with E-state index in [1.807, 2.05) is 54.9 Å². The van der Waals surface area contributed by atoms with Gasteiger partial charge in [-0.15, -0.1) is 0 Å². The van der Waals surface area contributed by atoms with E-state index >= 15 is 0 Å². The number of ether oxygens (including phenoxy) is 4. The lowest BCUT2D eigenvalue weighted by atomic mass is 9.83. The van der Waals surface area contributed by atoms with E-state index in [9.17, 15) is 9.59 Å². The summed E-state index contributed by atoms with van der Waals surface area (Å²) in [7, 11) is 0. The molecule has 0 aliphatic carbocycles. The average Bonchev–Trinajstić information content (AvgIpc) is 3.21. The number of halogens is 1. The van der Waals surface area contributed by atoms with Gasteiger partial charge in [0.2, 0.25) is 6.29 Å². The lowest BCUT2D eigenvalue weighted by Gasteiger charge is -2.43. The molecule has 1 saturated heterocycles. The molecule has 0 saturated carbocycles. The van der Waals surface area contributed by atoms with Gasteiger partial charge in [0.25, 0.3) is 0 Å². The third-order valence-electron chi connectivity index (χ3n) is 6.42. The Hall–Kier alpha value is -3.23. The minimum atomic E-state index is -0.926. The van der Waals surface area contributed by atoms with E-state index in [0.717, 1.165) is 16.6 Å². The Balaban J connectivity index is 1.59. The van der Waals surface area contributed by atoms with Crippen LogP contribution in [0.1, 0.15) is 27.7 Å². The monoisotopic (exact) mass is 500 g/mol. The summed E-state index contributed by atoms with van der Waals surface area (Å²) in [6, 6.07) is 13.1. The van der Waals surface area contributed by atoms with Crippen LogP contribution in [0.4, 0.5) is 5.69 Å². The highest BCUT2D eigenvalue weighted by Gasteiger charge is 2.45. The Labute approximate surface area is 208 Å². The number of esters is 2. The minimum Gasteiger partial charge on any atom is -0.463 e. The highest BCUT2D eigenvalue weighted by atomic mass is 35.5. The van der Waals surface area contributed by atoms with Gasteiger partial charge in [0.15, 0.2) is 6.10 Å². The molecule has 2 unspecified atom stereocenters. The molecule has 2 aromatic carbocycles. The first kappa shape index (κ1) is 24.9. The van der Waals surface area contributed by atoms with Crippen molar-refractivity contribution in [2.24, 2.45) is 11.8 Å². The molecule has 1 aromatic heterocycles. The maximum absolute atomic E-state index is 11.8. The first-order valence-electron chi connectivity index (χ1n) is 11.4. The number of carbonyl (C=O) groups excluding carboxylic acids is 2. The summed E-state index contributed by atoms with van der Waals surface area (Å²) in [6.45, 7) is 6.67. The largest absolute Gasteiger partial charge is 0.463 e. The summed E-state index contributed by atoms with van der Waals surface area (Å²) in [4.78, 5) is 23.1. The number of nitrogens with two attached hydrogens (primary N) is 1. The second-order valence-electron chi connectivity index (χ2n) is 8.87. The van der Waals surface area contributed by atoms with E-state index < -0.39 is 30.4 Å². The van der Waals surface area contributed by atoms with Gasteiger partial charge in [-0.3, -0.25) is 9.59 Å². The van der Waals surface area contributed by atoms with E-state index in [4.69, 9.17) is 36.3 Å². The Morgan fingerprint density at radius 1 is 1.06 bits per heavy atom. The average molecular weight is 501 g/mol. The second kappa shape index (κ2) is 10.2. The minimum absolute atomic E-state index is 0.0487. The number of benzene rings is 2. The quantitative estimate of drug-likeness (QED) is 0.385. The second-order valence-corrected chi connectivity index (χ2v) is 9.28. The molecule has 8 nitrogen and oxygen atoms in total. The van der Waals surface area contributed by atoms with Crippen molar-refractivity contribution in [2.75, 3.05) is 12.3 Å². The number of nitrogen functional groups attached to an aromatic ring is 1. The molecule has 1 aliphatic heterocycles. The molecule has 0 bridgehead atoms. The van der Waals surface area contributed by atoms with Crippen molar-refractivity contribution in [1.82, 2.24) is 4.57 Å². The van der Waals surface area contributed by atoms with E-state index in [-0.39, 0.29) is 18.4 Å². The van der Waals surface area contributed by atoms with Gasteiger partial charge in [-0.2, -0.15) is 0 Å². The van der Waals surface area contributed by atoms with E-state index in [0.29, 0.717) is 16.5 Å². The number of anilines is 1. The zero-order valence-corrected chi connectivity index (χ0v) is 20.8. The molecule has 9 heteroatoms.